The molecule has 0 atom stereocenters. The second-order valence-corrected chi connectivity index (χ2v) is 5.69. The average molecular weight is 312 g/mol. The Morgan fingerprint density at radius 2 is 2.00 bits per heavy atom. The van der Waals surface area contributed by atoms with E-state index in [1.807, 2.05) is 0 Å². The van der Waals surface area contributed by atoms with Crippen molar-refractivity contribution in [3.8, 4) is 11.8 Å². The first kappa shape index (κ1) is 16.7. The van der Waals surface area contributed by atoms with Crippen LogP contribution in [0, 0.1) is 17.7 Å². The van der Waals surface area contributed by atoms with E-state index in [0.29, 0.717) is 11.1 Å². The van der Waals surface area contributed by atoms with Crippen molar-refractivity contribution in [3.05, 3.63) is 65.2 Å². The van der Waals surface area contributed by atoms with Gasteiger partial charge in [0.05, 0.1) is 12.1 Å². The van der Waals surface area contributed by atoms with E-state index in [9.17, 15) is 9.18 Å². The first-order valence-corrected chi connectivity index (χ1v) is 7.07. The second-order valence-electron chi connectivity index (χ2n) is 5.69. The Labute approximate surface area is 134 Å². The maximum Gasteiger partial charge on any atom is 0.270 e. The topological polar surface area (TPSA) is 62.2 Å². The van der Waals surface area contributed by atoms with E-state index in [0.717, 1.165) is 0 Å². The van der Waals surface area contributed by atoms with Crippen LogP contribution in [0.4, 0.5) is 4.39 Å². The highest BCUT2D eigenvalue weighted by Crippen LogP contribution is 2.05. The van der Waals surface area contributed by atoms with Crippen LogP contribution in [0.25, 0.3) is 0 Å². The molecule has 2 N–H and O–H groups in total. The number of hydrogen-bond donors (Lipinski definition) is 2. The van der Waals surface area contributed by atoms with Crippen LogP contribution in [-0.2, 0) is 0 Å². The second kappa shape index (κ2) is 7.03. The lowest BCUT2D eigenvalue weighted by Crippen LogP contribution is -2.46. The monoisotopic (exact) mass is 312 g/mol. The van der Waals surface area contributed by atoms with E-state index in [1.165, 1.54) is 18.3 Å². The zero-order valence-electron chi connectivity index (χ0n) is 12.9. The van der Waals surface area contributed by atoms with Crippen LogP contribution >= 0.6 is 0 Å². The number of aliphatic hydroxyl groups is 1. The Hall–Kier alpha value is -2.71. The van der Waals surface area contributed by atoms with E-state index in [2.05, 4.69) is 22.1 Å². The highest BCUT2D eigenvalue weighted by molar-refractivity contribution is 5.92. The van der Waals surface area contributed by atoms with E-state index in [1.54, 1.807) is 38.1 Å². The molecule has 1 heterocycles. The van der Waals surface area contributed by atoms with Gasteiger partial charge in [-0.05, 0) is 44.2 Å². The number of benzene rings is 1. The number of nitrogens with one attached hydrogen (secondary N) is 1. The predicted molar refractivity (Wildman–Crippen MR) is 85.2 cm³/mol. The lowest BCUT2D eigenvalue weighted by molar-refractivity contribution is 0.0864. The molecular formula is C18H17FN2O2. The molecule has 1 aromatic heterocycles. The van der Waals surface area contributed by atoms with Gasteiger partial charge < -0.3 is 10.4 Å². The minimum atomic E-state index is -0.714. The molecule has 0 aliphatic rings. The van der Waals surface area contributed by atoms with Crippen LogP contribution in [0.15, 0.2) is 42.6 Å². The summed E-state index contributed by atoms with van der Waals surface area (Å²) in [5.74, 6) is 4.99. The molecule has 2 rings (SSSR count). The summed E-state index contributed by atoms with van der Waals surface area (Å²) in [5, 5.41) is 11.8. The van der Waals surface area contributed by atoms with Crippen LogP contribution in [0.1, 0.15) is 35.5 Å². The van der Waals surface area contributed by atoms with Gasteiger partial charge >= 0.3 is 0 Å². The highest BCUT2D eigenvalue weighted by Gasteiger charge is 2.20. The minimum Gasteiger partial charge on any atom is -0.394 e. The van der Waals surface area contributed by atoms with Crippen LogP contribution < -0.4 is 5.32 Å². The van der Waals surface area contributed by atoms with Gasteiger partial charge in [0.1, 0.15) is 11.5 Å². The molecule has 0 saturated heterocycles. The molecule has 0 unspecified atom stereocenters. The molecule has 5 heteroatoms. The molecule has 1 amide bonds. The Balaban J connectivity index is 2.10. The molecule has 23 heavy (non-hydrogen) atoms. The fraction of sp³-hybridized carbons (Fsp3) is 0.222. The van der Waals surface area contributed by atoms with E-state index in [4.69, 9.17) is 5.11 Å². The molecule has 0 aliphatic heterocycles. The largest absolute Gasteiger partial charge is 0.394 e. The van der Waals surface area contributed by atoms with Gasteiger partial charge in [0.2, 0.25) is 0 Å². The summed E-state index contributed by atoms with van der Waals surface area (Å²) in [6.45, 7) is 3.25. The fourth-order valence-corrected chi connectivity index (χ4v) is 1.72. The molecule has 0 saturated carbocycles. The van der Waals surface area contributed by atoms with Crippen LogP contribution in [-0.4, -0.2) is 28.1 Å². The van der Waals surface area contributed by atoms with E-state index >= 15 is 0 Å². The molecule has 0 radical (unpaired) electrons. The Morgan fingerprint density at radius 1 is 1.26 bits per heavy atom. The van der Waals surface area contributed by atoms with Gasteiger partial charge in [0.25, 0.3) is 5.91 Å². The van der Waals surface area contributed by atoms with Crippen molar-refractivity contribution < 1.29 is 14.3 Å². The summed E-state index contributed by atoms with van der Waals surface area (Å²) in [6.07, 6.45) is 1.48. The molecular weight excluding hydrogens is 295 g/mol. The van der Waals surface area contributed by atoms with Gasteiger partial charge in [0.15, 0.2) is 0 Å². The number of carbonyl (C=O) groups is 1. The number of amides is 1. The molecule has 0 spiro atoms. The van der Waals surface area contributed by atoms with Gasteiger partial charge in [-0.1, -0.05) is 17.9 Å². The molecule has 0 bridgehead atoms. The molecule has 4 nitrogen and oxygen atoms in total. The van der Waals surface area contributed by atoms with Crippen molar-refractivity contribution in [3.63, 3.8) is 0 Å². The summed E-state index contributed by atoms with van der Waals surface area (Å²) in [4.78, 5) is 16.0. The van der Waals surface area contributed by atoms with Gasteiger partial charge in [0, 0.05) is 17.3 Å². The number of nitrogens with zero attached hydrogens (tertiary/aromatic N) is 1. The molecule has 0 fully saturated rings. The van der Waals surface area contributed by atoms with Gasteiger partial charge in [-0.25, -0.2) is 9.37 Å². The van der Waals surface area contributed by atoms with Crippen molar-refractivity contribution in [2.45, 2.75) is 19.4 Å². The van der Waals surface area contributed by atoms with Gasteiger partial charge in [-0.3, -0.25) is 4.79 Å². The summed E-state index contributed by atoms with van der Waals surface area (Å²) in [5.41, 5.74) is 0.709. The smallest absolute Gasteiger partial charge is 0.270 e. The van der Waals surface area contributed by atoms with Gasteiger partial charge in [-0.15, -0.1) is 0 Å². The Kier molecular flexibility index (Phi) is 5.09. The van der Waals surface area contributed by atoms with Gasteiger partial charge in [-0.2, -0.15) is 0 Å². The van der Waals surface area contributed by atoms with Crippen molar-refractivity contribution in [1.82, 2.24) is 10.3 Å². The molecule has 118 valence electrons. The normalized spacial score (nSPS) is 10.6. The molecule has 1 aromatic carbocycles. The fourth-order valence-electron chi connectivity index (χ4n) is 1.72. The standard InChI is InChI=1S/C18H17FN2O2/c1-18(2,12-22)21-17(23)16-9-8-14(11-20-16)7-6-13-4-3-5-15(19)10-13/h3-5,8-11,22H,12H2,1-2H3,(H,21,23). The maximum absolute atomic E-state index is 13.1. The Bertz CT molecular complexity index is 759. The highest BCUT2D eigenvalue weighted by atomic mass is 19.1. The summed E-state index contributed by atoms with van der Waals surface area (Å²) < 4.78 is 13.1. The van der Waals surface area contributed by atoms with E-state index < -0.39 is 5.54 Å². The van der Waals surface area contributed by atoms with E-state index in [-0.39, 0.29) is 24.0 Å². The third kappa shape index (κ3) is 4.90. The van der Waals surface area contributed by atoms with Crippen molar-refractivity contribution in [2.75, 3.05) is 6.61 Å². The maximum atomic E-state index is 13.1. The number of aromatic nitrogens is 1. The first-order valence-electron chi connectivity index (χ1n) is 7.07. The van der Waals surface area contributed by atoms with Crippen LogP contribution in [0.3, 0.4) is 0 Å². The number of halogens is 1. The molecule has 2 aromatic rings. The minimum absolute atomic E-state index is 0.171. The number of carbonyl (C=O) groups excluding carboxylic acids is 1. The first-order chi connectivity index (χ1) is 10.9. The SMILES string of the molecule is CC(C)(CO)NC(=O)c1ccc(C#Cc2cccc(F)c2)cn1. The molecule has 0 aliphatic carbocycles. The third-order valence-electron chi connectivity index (χ3n) is 3.02. The third-order valence-corrected chi connectivity index (χ3v) is 3.02. The zero-order chi connectivity index (χ0) is 16.9. The quantitative estimate of drug-likeness (QED) is 0.854. The summed E-state index contributed by atoms with van der Waals surface area (Å²) in [6, 6.07) is 9.22. The average Bonchev–Trinajstić information content (AvgIpc) is 2.53. The van der Waals surface area contributed by atoms with Crippen molar-refractivity contribution in [1.29, 1.82) is 0 Å². The summed E-state index contributed by atoms with van der Waals surface area (Å²) in [7, 11) is 0. The Morgan fingerprint density at radius 3 is 2.61 bits per heavy atom. The number of rotatable bonds is 3. The summed E-state index contributed by atoms with van der Waals surface area (Å²) >= 11 is 0. The lowest BCUT2D eigenvalue weighted by Gasteiger charge is -2.23. The van der Waals surface area contributed by atoms with Crippen molar-refractivity contribution in [2.24, 2.45) is 0 Å². The predicted octanol–water partition coefficient (Wildman–Crippen LogP) is 2.12. The van der Waals surface area contributed by atoms with Crippen LogP contribution in [0.2, 0.25) is 0 Å². The lowest BCUT2D eigenvalue weighted by atomic mass is 10.1. The number of aliphatic hydroxyl groups excluding tert-OH is 1. The van der Waals surface area contributed by atoms with Crippen LogP contribution in [0.5, 0.6) is 0 Å². The number of pyridine rings is 1. The zero-order valence-corrected chi connectivity index (χ0v) is 12.9. The number of hydrogen-bond acceptors (Lipinski definition) is 3. The van der Waals surface area contributed by atoms with Crippen molar-refractivity contribution >= 4 is 5.91 Å².